The van der Waals surface area contributed by atoms with E-state index in [1.165, 1.54) is 95.3 Å². The van der Waals surface area contributed by atoms with Crippen LogP contribution < -0.4 is 9.80 Å². The second-order valence-electron chi connectivity index (χ2n) is 26.5. The van der Waals surface area contributed by atoms with Gasteiger partial charge in [-0.2, -0.15) is 0 Å². The Morgan fingerprint density at radius 2 is 0.614 bits per heavy atom. The molecule has 0 bridgehead atoms. The van der Waals surface area contributed by atoms with Crippen LogP contribution in [-0.4, -0.2) is 19.9 Å². The van der Waals surface area contributed by atoms with Gasteiger partial charge in [-0.3, -0.25) is 9.80 Å². The SMILES string of the molecule is CC1(C)c2ccccc2-c2ccc(N(c3ccccc3)c3nc(-c4ccc5c(c4)sc4cc6ccccc6cc45)c4ccccc4n3)cc21.c1ccc(-c2ccc(N(c3ccc(-c4ccccc4)cc3)c3nc(-c4ccc5c(c4)sc4cc6ccccc6cc45)c4ccccc4n3)cc2)cc1. The van der Waals surface area contributed by atoms with E-state index < -0.39 is 0 Å². The molecule has 15 aromatic carbocycles. The van der Waals surface area contributed by atoms with Gasteiger partial charge in [0.25, 0.3) is 0 Å². The summed E-state index contributed by atoms with van der Waals surface area (Å²) in [5.41, 5.74) is 19.7. The summed E-state index contributed by atoms with van der Waals surface area (Å²) in [7, 11) is 0. The quantitative estimate of drug-likeness (QED) is 0.136. The van der Waals surface area contributed by atoms with Crippen molar-refractivity contribution in [3.63, 3.8) is 0 Å². The van der Waals surface area contributed by atoms with Crippen LogP contribution in [0.4, 0.5) is 34.6 Å². The van der Waals surface area contributed by atoms with Gasteiger partial charge in [0.05, 0.1) is 22.4 Å². The molecule has 0 saturated heterocycles. The molecule has 1 aliphatic rings. The lowest BCUT2D eigenvalue weighted by molar-refractivity contribution is 0.660. The minimum absolute atomic E-state index is 0.120. The summed E-state index contributed by atoms with van der Waals surface area (Å²) >= 11 is 3.69. The van der Waals surface area contributed by atoms with E-state index in [-0.39, 0.29) is 5.41 Å². The molecule has 19 aromatic rings. The highest BCUT2D eigenvalue weighted by Gasteiger charge is 2.36. The van der Waals surface area contributed by atoms with Crippen LogP contribution in [0.3, 0.4) is 0 Å². The van der Waals surface area contributed by atoms with Crippen molar-refractivity contribution in [1.29, 1.82) is 0 Å². The average molecular weight is 1330 g/mol. The molecule has 0 aliphatic heterocycles. The Hall–Kier alpha value is -12.5. The second kappa shape index (κ2) is 24.5. The summed E-state index contributed by atoms with van der Waals surface area (Å²) < 4.78 is 5.10. The molecular weight excluding hydrogens is 1270 g/mol. The maximum atomic E-state index is 5.42. The van der Waals surface area contributed by atoms with Gasteiger partial charge in [-0.1, -0.05) is 257 Å². The van der Waals surface area contributed by atoms with Gasteiger partial charge in [-0.15, -0.1) is 22.7 Å². The van der Waals surface area contributed by atoms with Gasteiger partial charge < -0.3 is 0 Å². The van der Waals surface area contributed by atoms with Crippen molar-refractivity contribution in [3.05, 3.63) is 351 Å². The molecule has 0 amide bonds. The number of hydrogen-bond acceptors (Lipinski definition) is 8. The van der Waals surface area contributed by atoms with E-state index in [2.05, 4.69) is 351 Å². The molecule has 0 spiro atoms. The molecule has 4 aromatic heterocycles. The number of para-hydroxylation sites is 3. The van der Waals surface area contributed by atoms with Crippen LogP contribution in [0.25, 0.3) is 140 Å². The summed E-state index contributed by atoms with van der Waals surface area (Å²) in [5.74, 6) is 1.27. The van der Waals surface area contributed by atoms with Gasteiger partial charge in [0, 0.05) is 90.4 Å². The van der Waals surface area contributed by atoms with Crippen molar-refractivity contribution >= 4 is 141 Å². The zero-order chi connectivity index (χ0) is 67.1. The van der Waals surface area contributed by atoms with E-state index in [1.54, 1.807) is 0 Å². The lowest BCUT2D eigenvalue weighted by Gasteiger charge is -2.27. The summed E-state index contributed by atoms with van der Waals surface area (Å²) in [6.07, 6.45) is 0. The number of anilines is 6. The van der Waals surface area contributed by atoms with E-state index in [9.17, 15) is 0 Å². The zero-order valence-corrected chi connectivity index (χ0v) is 57.0. The lowest BCUT2D eigenvalue weighted by atomic mass is 9.82. The maximum Gasteiger partial charge on any atom is 0.235 e. The van der Waals surface area contributed by atoms with Gasteiger partial charge in [0.15, 0.2) is 0 Å². The first-order valence-corrected chi connectivity index (χ1v) is 35.9. The van der Waals surface area contributed by atoms with Crippen molar-refractivity contribution in [3.8, 4) is 55.9 Å². The normalized spacial score (nSPS) is 12.3. The van der Waals surface area contributed by atoms with Crippen LogP contribution in [0.15, 0.2) is 340 Å². The van der Waals surface area contributed by atoms with Crippen molar-refractivity contribution in [2.24, 2.45) is 0 Å². The van der Waals surface area contributed by atoms with Crippen LogP contribution in [0.2, 0.25) is 0 Å². The fraction of sp³-hybridized carbons (Fsp3) is 0.0323. The maximum absolute atomic E-state index is 5.42. The van der Waals surface area contributed by atoms with E-state index >= 15 is 0 Å². The molecule has 0 saturated carbocycles. The van der Waals surface area contributed by atoms with E-state index in [1.807, 2.05) is 34.8 Å². The fourth-order valence-corrected chi connectivity index (χ4v) is 17.4. The fourth-order valence-electron chi connectivity index (χ4n) is 15.0. The number of fused-ring (bicyclic) bond motifs is 13. The first kappa shape index (κ1) is 59.8. The van der Waals surface area contributed by atoms with E-state index in [0.717, 1.165) is 78.2 Å². The first-order valence-electron chi connectivity index (χ1n) is 34.2. The molecule has 0 unspecified atom stereocenters. The Kier molecular flexibility index (Phi) is 14.5. The van der Waals surface area contributed by atoms with E-state index in [4.69, 9.17) is 19.9 Å². The lowest BCUT2D eigenvalue weighted by Crippen LogP contribution is -2.17. The molecular formula is C93H62N6S2. The largest absolute Gasteiger partial charge is 0.279 e. The Morgan fingerprint density at radius 1 is 0.248 bits per heavy atom. The summed E-state index contributed by atoms with van der Waals surface area (Å²) in [6, 6.07) is 121. The standard InChI is InChI=1S/C48H31N3S.C45H31N3S/c1-3-11-32(12-4-1)34-19-24-39(25-20-34)51(40-26-21-35(22-27-40)33-13-5-2-6-14-33)48-49-44-18-10-9-17-42(44)47(50-48)38-23-28-41-43-29-36-15-7-8-16-37(36)30-46(43)52-45(41)31-38;1-45(2)38-18-10-8-16-33(38)34-23-21-32(27-39(34)45)48(31-14-4-3-5-15-31)44-46-40-19-11-9-17-36(40)43(47-44)30-20-22-35-37-24-28-12-6-7-13-29(28)25-42(37)49-41(35)26-30/h1-31H;3-27H,1-2H3. The third-order valence-corrected chi connectivity index (χ3v) is 22.3. The third-order valence-electron chi connectivity index (χ3n) is 20.1. The highest BCUT2D eigenvalue weighted by Crippen LogP contribution is 2.51. The minimum atomic E-state index is -0.120. The number of aromatic nitrogens is 4. The number of nitrogens with zero attached hydrogens (tertiary/aromatic N) is 6. The molecule has 476 valence electrons. The molecule has 20 rings (SSSR count). The Bertz CT molecular complexity index is 6340. The van der Waals surface area contributed by atoms with E-state index in [0.29, 0.717) is 11.9 Å². The molecule has 8 heteroatoms. The Morgan fingerprint density at radius 3 is 1.12 bits per heavy atom. The van der Waals surface area contributed by atoms with Crippen LogP contribution in [0.1, 0.15) is 25.0 Å². The van der Waals surface area contributed by atoms with Crippen LogP contribution in [-0.2, 0) is 5.41 Å². The number of rotatable bonds is 10. The molecule has 1 aliphatic carbocycles. The average Bonchev–Trinajstić information content (AvgIpc) is 1.66. The van der Waals surface area contributed by atoms with Crippen LogP contribution in [0.5, 0.6) is 0 Å². The third kappa shape index (κ3) is 10.6. The first-order chi connectivity index (χ1) is 49.8. The highest BCUT2D eigenvalue weighted by atomic mass is 32.1. The molecule has 101 heavy (non-hydrogen) atoms. The van der Waals surface area contributed by atoms with Crippen molar-refractivity contribution in [2.75, 3.05) is 9.80 Å². The summed E-state index contributed by atoms with van der Waals surface area (Å²) in [4.78, 5) is 25.7. The molecule has 0 radical (unpaired) electrons. The molecule has 6 nitrogen and oxygen atoms in total. The van der Waals surface area contributed by atoms with Gasteiger partial charge in [-0.25, -0.2) is 19.9 Å². The predicted molar refractivity (Wildman–Crippen MR) is 429 cm³/mol. The topological polar surface area (TPSA) is 58.0 Å². The molecule has 0 atom stereocenters. The van der Waals surface area contributed by atoms with Crippen LogP contribution in [0, 0.1) is 0 Å². The van der Waals surface area contributed by atoms with Gasteiger partial charge in [0.2, 0.25) is 11.9 Å². The van der Waals surface area contributed by atoms with Crippen LogP contribution >= 0.6 is 22.7 Å². The summed E-state index contributed by atoms with van der Waals surface area (Å²) in [5, 5.41) is 12.3. The van der Waals surface area contributed by atoms with Crippen molar-refractivity contribution < 1.29 is 0 Å². The second-order valence-corrected chi connectivity index (χ2v) is 28.7. The zero-order valence-electron chi connectivity index (χ0n) is 55.3. The number of benzene rings is 15. The summed E-state index contributed by atoms with van der Waals surface area (Å²) in [6.45, 7) is 4.65. The van der Waals surface area contributed by atoms with Gasteiger partial charge in [-0.05, 0) is 163 Å². The monoisotopic (exact) mass is 1330 g/mol. The van der Waals surface area contributed by atoms with Gasteiger partial charge >= 0.3 is 0 Å². The van der Waals surface area contributed by atoms with Crippen molar-refractivity contribution in [2.45, 2.75) is 19.3 Å². The highest BCUT2D eigenvalue weighted by molar-refractivity contribution is 7.26. The smallest absolute Gasteiger partial charge is 0.235 e. The van der Waals surface area contributed by atoms with Crippen molar-refractivity contribution in [1.82, 2.24) is 19.9 Å². The predicted octanol–water partition coefficient (Wildman–Crippen LogP) is 26.2. The number of hydrogen-bond donors (Lipinski definition) is 0. The molecule has 4 heterocycles. The minimum Gasteiger partial charge on any atom is -0.279 e. The Balaban J connectivity index is 0.000000140. The van der Waals surface area contributed by atoms with Gasteiger partial charge in [0.1, 0.15) is 0 Å². The number of thiophene rings is 2. The molecule has 0 fully saturated rings. The molecule has 0 N–H and O–H groups in total. The Labute approximate surface area is 592 Å².